The summed E-state index contributed by atoms with van der Waals surface area (Å²) in [5, 5.41) is 18.0. The van der Waals surface area contributed by atoms with Crippen molar-refractivity contribution in [2.45, 2.75) is 26.8 Å². The van der Waals surface area contributed by atoms with E-state index in [2.05, 4.69) is 14.9 Å². The molecule has 0 radical (unpaired) electrons. The zero-order valence-electron chi connectivity index (χ0n) is 12.1. The third-order valence-electron chi connectivity index (χ3n) is 3.25. The summed E-state index contributed by atoms with van der Waals surface area (Å²) in [6.45, 7) is 6.24. The molecule has 0 aromatic carbocycles. The van der Waals surface area contributed by atoms with Crippen LogP contribution in [0, 0.1) is 13.8 Å². The summed E-state index contributed by atoms with van der Waals surface area (Å²) in [7, 11) is 0. The van der Waals surface area contributed by atoms with Gasteiger partial charge < -0.3 is 10.2 Å². The molecule has 0 spiro atoms. The van der Waals surface area contributed by atoms with Gasteiger partial charge in [-0.25, -0.2) is 9.97 Å². The van der Waals surface area contributed by atoms with E-state index in [0.717, 1.165) is 23.6 Å². The monoisotopic (exact) mass is 278 g/mol. The number of rotatable bonds is 7. The van der Waals surface area contributed by atoms with Gasteiger partial charge >= 0.3 is 0 Å². The quantitative estimate of drug-likeness (QED) is 0.772. The average Bonchev–Trinajstić information content (AvgIpc) is 2.79. The maximum atomic E-state index is 9.09. The van der Waals surface area contributed by atoms with E-state index in [1.165, 1.54) is 0 Å². The van der Waals surface area contributed by atoms with Crippen molar-refractivity contribution < 1.29 is 10.2 Å². The predicted octanol–water partition coefficient (Wildman–Crippen LogP) is 0.523. The minimum Gasteiger partial charge on any atom is -0.396 e. The fourth-order valence-electron chi connectivity index (χ4n) is 2.33. The first-order valence-corrected chi connectivity index (χ1v) is 6.90. The Bertz CT molecular complexity index is 568. The third-order valence-corrected chi connectivity index (χ3v) is 3.25. The molecule has 2 aromatic rings. The maximum absolute atomic E-state index is 9.09. The highest BCUT2D eigenvalue weighted by molar-refractivity contribution is 5.34. The molecule has 0 atom stereocenters. The van der Waals surface area contributed by atoms with E-state index in [-0.39, 0.29) is 13.2 Å². The fourth-order valence-corrected chi connectivity index (χ4v) is 2.33. The summed E-state index contributed by atoms with van der Waals surface area (Å²) < 4.78 is 1.98. The molecular weight excluding hydrogens is 256 g/mol. The van der Waals surface area contributed by atoms with Gasteiger partial charge in [0, 0.05) is 43.8 Å². The van der Waals surface area contributed by atoms with E-state index < -0.39 is 0 Å². The normalized spacial score (nSPS) is 11.7. The number of imidazole rings is 1. The second kappa shape index (κ2) is 6.78. The molecule has 2 N–H and O–H groups in total. The van der Waals surface area contributed by atoms with Gasteiger partial charge in [-0.05, 0) is 26.3 Å². The van der Waals surface area contributed by atoms with Crippen molar-refractivity contribution in [1.29, 1.82) is 0 Å². The van der Waals surface area contributed by atoms with Crippen LogP contribution in [0.5, 0.6) is 0 Å². The lowest BCUT2D eigenvalue weighted by Crippen LogP contribution is -2.28. The maximum Gasteiger partial charge on any atom is 0.234 e. The number of fused-ring (bicyclic) bond motifs is 1. The third kappa shape index (κ3) is 3.53. The first kappa shape index (κ1) is 14.9. The molecule has 110 valence electrons. The van der Waals surface area contributed by atoms with Gasteiger partial charge in [-0.15, -0.1) is 0 Å². The summed E-state index contributed by atoms with van der Waals surface area (Å²) in [6.07, 6.45) is 2.68. The van der Waals surface area contributed by atoms with Crippen molar-refractivity contribution in [2.24, 2.45) is 0 Å². The standard InChI is InChI=1S/C14H22N4O2/c1-11-8-12(2)18-10-13(16-14(18)15-11)9-17(5-7-20)4-3-6-19/h8,10,19-20H,3-7,9H2,1-2H3. The highest BCUT2D eigenvalue weighted by atomic mass is 16.3. The van der Waals surface area contributed by atoms with Crippen LogP contribution in [0.15, 0.2) is 12.3 Å². The summed E-state index contributed by atoms with van der Waals surface area (Å²) in [4.78, 5) is 11.0. The summed E-state index contributed by atoms with van der Waals surface area (Å²) in [6, 6.07) is 2.02. The van der Waals surface area contributed by atoms with Crippen molar-refractivity contribution in [3.05, 3.63) is 29.3 Å². The van der Waals surface area contributed by atoms with Crippen LogP contribution in [-0.4, -0.2) is 55.8 Å². The lowest BCUT2D eigenvalue weighted by molar-refractivity contribution is 0.173. The molecule has 2 rings (SSSR count). The molecule has 6 nitrogen and oxygen atoms in total. The lowest BCUT2D eigenvalue weighted by atomic mass is 10.3. The summed E-state index contributed by atoms with van der Waals surface area (Å²) in [5.41, 5.74) is 2.99. The first-order chi connectivity index (χ1) is 9.63. The van der Waals surface area contributed by atoms with E-state index in [1.54, 1.807) is 0 Å². The molecule has 0 saturated heterocycles. The van der Waals surface area contributed by atoms with Crippen LogP contribution in [0.2, 0.25) is 0 Å². The Labute approximate surface area is 118 Å². The van der Waals surface area contributed by atoms with Gasteiger partial charge in [0.25, 0.3) is 0 Å². The number of aliphatic hydroxyl groups excluding tert-OH is 2. The summed E-state index contributed by atoms with van der Waals surface area (Å²) >= 11 is 0. The zero-order chi connectivity index (χ0) is 14.5. The Morgan fingerprint density at radius 2 is 1.95 bits per heavy atom. The van der Waals surface area contributed by atoms with Crippen LogP contribution in [0.1, 0.15) is 23.5 Å². The second-order valence-corrected chi connectivity index (χ2v) is 5.02. The van der Waals surface area contributed by atoms with Gasteiger partial charge in [0.15, 0.2) is 0 Å². The van der Waals surface area contributed by atoms with Crippen molar-refractivity contribution in [1.82, 2.24) is 19.3 Å². The van der Waals surface area contributed by atoms with Crippen molar-refractivity contribution >= 4 is 5.78 Å². The molecule has 0 aliphatic carbocycles. The van der Waals surface area contributed by atoms with Crippen LogP contribution in [0.25, 0.3) is 5.78 Å². The van der Waals surface area contributed by atoms with Gasteiger partial charge in [0.2, 0.25) is 5.78 Å². The molecule has 0 bridgehead atoms. The Kier molecular flexibility index (Phi) is 5.05. The topological polar surface area (TPSA) is 73.9 Å². The van der Waals surface area contributed by atoms with Crippen molar-refractivity contribution in [2.75, 3.05) is 26.3 Å². The van der Waals surface area contributed by atoms with Crippen LogP contribution >= 0.6 is 0 Å². The number of nitrogens with zero attached hydrogens (tertiary/aromatic N) is 4. The van der Waals surface area contributed by atoms with Gasteiger partial charge in [0.05, 0.1) is 12.3 Å². The smallest absolute Gasteiger partial charge is 0.234 e. The second-order valence-electron chi connectivity index (χ2n) is 5.02. The molecule has 0 amide bonds. The SMILES string of the molecule is Cc1cc(C)n2cc(CN(CCO)CCCO)nc2n1. The molecule has 0 aliphatic rings. The van der Waals surface area contributed by atoms with Crippen molar-refractivity contribution in [3.8, 4) is 0 Å². The highest BCUT2D eigenvalue weighted by Gasteiger charge is 2.10. The average molecular weight is 278 g/mol. The van der Waals surface area contributed by atoms with Crippen LogP contribution in [-0.2, 0) is 6.54 Å². The first-order valence-electron chi connectivity index (χ1n) is 6.90. The number of aliphatic hydroxyl groups is 2. The van der Waals surface area contributed by atoms with Gasteiger partial charge in [-0.2, -0.15) is 0 Å². The van der Waals surface area contributed by atoms with E-state index in [1.807, 2.05) is 30.5 Å². The highest BCUT2D eigenvalue weighted by Crippen LogP contribution is 2.10. The van der Waals surface area contributed by atoms with E-state index in [0.29, 0.717) is 25.3 Å². The number of aromatic nitrogens is 3. The largest absolute Gasteiger partial charge is 0.396 e. The van der Waals surface area contributed by atoms with E-state index >= 15 is 0 Å². The van der Waals surface area contributed by atoms with E-state index in [9.17, 15) is 0 Å². The molecule has 2 heterocycles. The minimum atomic E-state index is 0.106. The molecule has 0 unspecified atom stereocenters. The fraction of sp³-hybridized carbons (Fsp3) is 0.571. The van der Waals surface area contributed by atoms with Crippen LogP contribution in [0.4, 0.5) is 0 Å². The Morgan fingerprint density at radius 3 is 2.65 bits per heavy atom. The number of hydrogen-bond acceptors (Lipinski definition) is 5. The van der Waals surface area contributed by atoms with Gasteiger partial charge in [-0.1, -0.05) is 0 Å². The molecule has 0 saturated carbocycles. The summed E-state index contributed by atoms with van der Waals surface area (Å²) in [5.74, 6) is 0.712. The number of hydrogen-bond donors (Lipinski definition) is 2. The molecule has 2 aromatic heterocycles. The Hall–Kier alpha value is -1.50. The molecule has 0 aliphatic heterocycles. The van der Waals surface area contributed by atoms with Crippen LogP contribution in [0.3, 0.4) is 0 Å². The van der Waals surface area contributed by atoms with E-state index in [4.69, 9.17) is 10.2 Å². The molecule has 0 fully saturated rings. The molecular formula is C14H22N4O2. The van der Waals surface area contributed by atoms with Crippen molar-refractivity contribution in [3.63, 3.8) is 0 Å². The van der Waals surface area contributed by atoms with Gasteiger partial charge in [0.1, 0.15) is 0 Å². The van der Waals surface area contributed by atoms with Gasteiger partial charge in [-0.3, -0.25) is 9.30 Å². The predicted molar refractivity (Wildman–Crippen MR) is 76.5 cm³/mol. The molecule has 6 heteroatoms. The lowest BCUT2D eigenvalue weighted by Gasteiger charge is -2.19. The zero-order valence-corrected chi connectivity index (χ0v) is 12.1. The Morgan fingerprint density at radius 1 is 1.15 bits per heavy atom. The Balaban J connectivity index is 2.17. The number of aryl methyl sites for hydroxylation is 2. The minimum absolute atomic E-state index is 0.106. The molecule has 20 heavy (non-hydrogen) atoms. The van der Waals surface area contributed by atoms with Crippen LogP contribution < -0.4 is 0 Å².